The van der Waals surface area contributed by atoms with E-state index in [2.05, 4.69) is 10.3 Å². The Kier molecular flexibility index (Phi) is 3.88. The van der Waals surface area contributed by atoms with Crippen LogP contribution in [0.4, 0.5) is 0 Å². The van der Waals surface area contributed by atoms with E-state index >= 15 is 0 Å². The van der Waals surface area contributed by atoms with Crippen molar-refractivity contribution in [3.63, 3.8) is 0 Å². The first-order valence-corrected chi connectivity index (χ1v) is 6.37. The van der Waals surface area contributed by atoms with E-state index in [0.717, 1.165) is 11.3 Å². The summed E-state index contributed by atoms with van der Waals surface area (Å²) >= 11 is 1.53. The van der Waals surface area contributed by atoms with Gasteiger partial charge in [-0.15, -0.1) is 11.3 Å². The maximum Gasteiger partial charge on any atom is 0.224 e. The van der Waals surface area contributed by atoms with Crippen molar-refractivity contribution in [3.05, 3.63) is 52.0 Å². The molecule has 0 saturated heterocycles. The van der Waals surface area contributed by atoms with Crippen molar-refractivity contribution in [2.75, 3.05) is 0 Å². The fourth-order valence-corrected chi connectivity index (χ4v) is 2.03. The van der Waals surface area contributed by atoms with Gasteiger partial charge in [0.15, 0.2) is 0 Å². The van der Waals surface area contributed by atoms with Crippen LogP contribution < -0.4 is 5.32 Å². The van der Waals surface area contributed by atoms with Crippen molar-refractivity contribution in [1.29, 1.82) is 0 Å². The summed E-state index contributed by atoms with van der Waals surface area (Å²) in [6.07, 6.45) is 0.421. The molecular formula is C13H14N2OS. The smallest absolute Gasteiger partial charge is 0.224 e. The Balaban J connectivity index is 1.83. The van der Waals surface area contributed by atoms with Gasteiger partial charge >= 0.3 is 0 Å². The Morgan fingerprint density at radius 2 is 2.12 bits per heavy atom. The van der Waals surface area contributed by atoms with Crippen LogP contribution in [-0.4, -0.2) is 10.9 Å². The second kappa shape index (κ2) is 5.59. The SMILES string of the molecule is Cc1ccc(CC(=O)NCc2cscn2)cc1. The lowest BCUT2D eigenvalue weighted by Crippen LogP contribution is -2.24. The Labute approximate surface area is 105 Å². The highest BCUT2D eigenvalue weighted by Crippen LogP contribution is 2.04. The van der Waals surface area contributed by atoms with Gasteiger partial charge in [0.1, 0.15) is 0 Å². The van der Waals surface area contributed by atoms with E-state index in [4.69, 9.17) is 0 Å². The summed E-state index contributed by atoms with van der Waals surface area (Å²) in [4.78, 5) is 15.8. The van der Waals surface area contributed by atoms with Crippen LogP contribution in [-0.2, 0) is 17.8 Å². The largest absolute Gasteiger partial charge is 0.350 e. The third-order valence-corrected chi connectivity index (χ3v) is 3.07. The molecule has 0 aliphatic carbocycles. The highest BCUT2D eigenvalue weighted by molar-refractivity contribution is 7.07. The zero-order valence-electron chi connectivity index (χ0n) is 9.64. The first kappa shape index (κ1) is 11.8. The van der Waals surface area contributed by atoms with Crippen molar-refractivity contribution in [2.24, 2.45) is 0 Å². The maximum atomic E-state index is 11.7. The van der Waals surface area contributed by atoms with Gasteiger partial charge in [0.25, 0.3) is 0 Å². The first-order valence-electron chi connectivity index (χ1n) is 5.43. The van der Waals surface area contributed by atoms with Gasteiger partial charge in [-0.1, -0.05) is 29.8 Å². The Hall–Kier alpha value is -1.68. The fourth-order valence-electron chi connectivity index (χ4n) is 1.47. The number of benzene rings is 1. The van der Waals surface area contributed by atoms with Crippen molar-refractivity contribution >= 4 is 17.2 Å². The molecule has 1 heterocycles. The Morgan fingerprint density at radius 1 is 1.35 bits per heavy atom. The molecule has 1 N–H and O–H groups in total. The lowest BCUT2D eigenvalue weighted by atomic mass is 10.1. The van der Waals surface area contributed by atoms with Crippen molar-refractivity contribution in [2.45, 2.75) is 19.9 Å². The predicted molar refractivity (Wildman–Crippen MR) is 68.8 cm³/mol. The van der Waals surface area contributed by atoms with Crippen LogP contribution >= 0.6 is 11.3 Å². The summed E-state index contributed by atoms with van der Waals surface area (Å²) in [5.41, 5.74) is 4.91. The number of hydrogen-bond donors (Lipinski definition) is 1. The van der Waals surface area contributed by atoms with Gasteiger partial charge in [0.2, 0.25) is 5.91 Å². The number of aryl methyl sites for hydroxylation is 1. The van der Waals surface area contributed by atoms with Gasteiger partial charge in [0, 0.05) is 5.38 Å². The average molecular weight is 246 g/mol. The lowest BCUT2D eigenvalue weighted by Gasteiger charge is -2.03. The zero-order chi connectivity index (χ0) is 12.1. The minimum Gasteiger partial charge on any atom is -0.350 e. The van der Waals surface area contributed by atoms with Crippen LogP contribution in [0, 0.1) is 6.92 Å². The van der Waals surface area contributed by atoms with Crippen LogP contribution in [0.2, 0.25) is 0 Å². The van der Waals surface area contributed by atoms with E-state index in [9.17, 15) is 4.79 Å². The van der Waals surface area contributed by atoms with E-state index in [1.54, 1.807) is 5.51 Å². The van der Waals surface area contributed by atoms with Crippen molar-refractivity contribution < 1.29 is 4.79 Å². The first-order chi connectivity index (χ1) is 8.24. The minimum atomic E-state index is 0.0295. The van der Waals surface area contributed by atoms with Gasteiger partial charge in [-0.25, -0.2) is 4.98 Å². The molecule has 1 amide bonds. The van der Waals surface area contributed by atoms with Crippen LogP contribution in [0.1, 0.15) is 16.8 Å². The summed E-state index contributed by atoms with van der Waals surface area (Å²) in [6.45, 7) is 2.54. The van der Waals surface area contributed by atoms with Crippen LogP contribution in [0.15, 0.2) is 35.2 Å². The molecule has 1 aromatic carbocycles. The highest BCUT2D eigenvalue weighted by atomic mass is 32.1. The predicted octanol–water partition coefficient (Wildman–Crippen LogP) is 2.31. The van der Waals surface area contributed by atoms with Gasteiger partial charge in [0.05, 0.1) is 24.2 Å². The van der Waals surface area contributed by atoms with Gasteiger partial charge in [-0.2, -0.15) is 0 Å². The number of carbonyl (C=O) groups excluding carboxylic acids is 1. The fraction of sp³-hybridized carbons (Fsp3) is 0.231. The Morgan fingerprint density at radius 3 is 2.76 bits per heavy atom. The third kappa shape index (κ3) is 3.67. The summed E-state index contributed by atoms with van der Waals surface area (Å²) in [6, 6.07) is 8.00. The maximum absolute atomic E-state index is 11.7. The zero-order valence-corrected chi connectivity index (χ0v) is 10.5. The van der Waals surface area contributed by atoms with Crippen LogP contribution in [0.3, 0.4) is 0 Å². The molecule has 0 fully saturated rings. The molecule has 3 nitrogen and oxygen atoms in total. The molecule has 2 rings (SSSR count). The molecule has 0 radical (unpaired) electrons. The second-order valence-corrected chi connectivity index (χ2v) is 4.64. The van der Waals surface area contributed by atoms with Crippen molar-refractivity contribution in [1.82, 2.24) is 10.3 Å². The topological polar surface area (TPSA) is 42.0 Å². The molecular weight excluding hydrogens is 232 g/mol. The van der Waals surface area contributed by atoms with Crippen molar-refractivity contribution in [3.8, 4) is 0 Å². The molecule has 0 unspecified atom stereocenters. The van der Waals surface area contributed by atoms with E-state index < -0.39 is 0 Å². The number of nitrogens with one attached hydrogen (secondary N) is 1. The lowest BCUT2D eigenvalue weighted by molar-refractivity contribution is -0.120. The number of rotatable bonds is 4. The second-order valence-electron chi connectivity index (χ2n) is 3.92. The number of aromatic nitrogens is 1. The summed E-state index contributed by atoms with van der Waals surface area (Å²) in [5, 5.41) is 4.79. The molecule has 0 bridgehead atoms. The van der Waals surface area contributed by atoms with Crippen LogP contribution in [0.5, 0.6) is 0 Å². The summed E-state index contributed by atoms with van der Waals surface area (Å²) in [7, 11) is 0. The number of carbonyl (C=O) groups is 1. The molecule has 0 aliphatic heterocycles. The van der Waals surface area contributed by atoms with E-state index in [0.29, 0.717) is 13.0 Å². The standard InChI is InChI=1S/C13H14N2OS/c1-10-2-4-11(5-3-10)6-13(16)14-7-12-8-17-9-15-12/h2-5,8-9H,6-7H2,1H3,(H,14,16). The molecule has 4 heteroatoms. The molecule has 0 spiro atoms. The third-order valence-electron chi connectivity index (χ3n) is 2.44. The number of amides is 1. The molecule has 0 atom stereocenters. The molecule has 1 aromatic heterocycles. The van der Waals surface area contributed by atoms with Gasteiger partial charge < -0.3 is 5.32 Å². The number of thiazole rings is 1. The quantitative estimate of drug-likeness (QED) is 0.899. The summed E-state index contributed by atoms with van der Waals surface area (Å²) < 4.78 is 0. The number of nitrogens with zero attached hydrogens (tertiary/aromatic N) is 1. The molecule has 0 saturated carbocycles. The monoisotopic (exact) mass is 246 g/mol. The highest BCUT2D eigenvalue weighted by Gasteiger charge is 2.03. The van der Waals surface area contributed by atoms with E-state index in [-0.39, 0.29) is 5.91 Å². The average Bonchev–Trinajstić information content (AvgIpc) is 2.83. The normalized spacial score (nSPS) is 10.2. The van der Waals surface area contributed by atoms with Crippen LogP contribution in [0.25, 0.3) is 0 Å². The molecule has 0 aliphatic rings. The molecule has 2 aromatic rings. The molecule has 88 valence electrons. The molecule has 17 heavy (non-hydrogen) atoms. The van der Waals surface area contributed by atoms with Gasteiger partial charge in [-0.3, -0.25) is 4.79 Å². The van der Waals surface area contributed by atoms with E-state index in [1.807, 2.05) is 36.6 Å². The summed E-state index contributed by atoms with van der Waals surface area (Å²) in [5.74, 6) is 0.0295. The minimum absolute atomic E-state index is 0.0295. The van der Waals surface area contributed by atoms with Gasteiger partial charge in [-0.05, 0) is 12.5 Å². The number of hydrogen-bond acceptors (Lipinski definition) is 3. The Bertz CT molecular complexity index is 477. The van der Waals surface area contributed by atoms with E-state index in [1.165, 1.54) is 16.9 Å².